The molecule has 2 aliphatic rings. The number of piperidine rings is 1. The maximum absolute atomic E-state index is 10.3. The monoisotopic (exact) mass is 409 g/mol. The van der Waals surface area contributed by atoms with Gasteiger partial charge in [0.15, 0.2) is 0 Å². The first kappa shape index (κ1) is 21.2. The fourth-order valence-corrected chi connectivity index (χ4v) is 4.44. The zero-order valence-electron chi connectivity index (χ0n) is 18.0. The minimum Gasteiger partial charge on any atom is -0.491 e. The third-order valence-corrected chi connectivity index (χ3v) is 6.18. The van der Waals surface area contributed by atoms with E-state index in [0.29, 0.717) is 13.2 Å². The Labute approximate surface area is 180 Å². The van der Waals surface area contributed by atoms with Gasteiger partial charge in [-0.3, -0.25) is 4.90 Å². The molecule has 0 spiro atoms. The quantitative estimate of drug-likeness (QED) is 0.725. The molecule has 1 N–H and O–H groups in total. The van der Waals surface area contributed by atoms with Crippen molar-refractivity contribution < 1.29 is 9.84 Å². The summed E-state index contributed by atoms with van der Waals surface area (Å²) in [5.74, 6) is 0.838. The van der Waals surface area contributed by atoms with Gasteiger partial charge in [0.05, 0.1) is 0 Å². The Balaban J connectivity index is 1.18. The van der Waals surface area contributed by atoms with E-state index in [-0.39, 0.29) is 0 Å². The van der Waals surface area contributed by atoms with Gasteiger partial charge < -0.3 is 19.6 Å². The SMILES string of the molecule is O[C@@H](COc1ccc(CN2CCN(c3ccccc3)CC2)cc1)CN1CCCCC1. The molecule has 5 heteroatoms. The summed E-state index contributed by atoms with van der Waals surface area (Å²) in [6.45, 7) is 8.55. The van der Waals surface area contributed by atoms with Gasteiger partial charge in [0, 0.05) is 45.0 Å². The maximum Gasteiger partial charge on any atom is 0.119 e. The highest BCUT2D eigenvalue weighted by atomic mass is 16.5. The number of aliphatic hydroxyl groups is 1. The summed E-state index contributed by atoms with van der Waals surface area (Å²) in [7, 11) is 0. The van der Waals surface area contributed by atoms with Crippen LogP contribution < -0.4 is 9.64 Å². The topological polar surface area (TPSA) is 39.2 Å². The summed E-state index contributed by atoms with van der Waals surface area (Å²) in [6.07, 6.45) is 3.38. The van der Waals surface area contributed by atoms with E-state index in [4.69, 9.17) is 4.74 Å². The van der Waals surface area contributed by atoms with E-state index in [1.165, 1.54) is 30.5 Å². The molecule has 0 radical (unpaired) electrons. The molecular formula is C25H35N3O2. The van der Waals surface area contributed by atoms with Crippen molar-refractivity contribution in [2.24, 2.45) is 0 Å². The van der Waals surface area contributed by atoms with Crippen LogP contribution in [0, 0.1) is 0 Å². The number of hydrogen-bond donors (Lipinski definition) is 1. The molecule has 0 bridgehead atoms. The van der Waals surface area contributed by atoms with Crippen LogP contribution in [0.1, 0.15) is 24.8 Å². The van der Waals surface area contributed by atoms with E-state index in [1.54, 1.807) is 0 Å². The van der Waals surface area contributed by atoms with Crippen molar-refractivity contribution in [2.75, 3.05) is 57.3 Å². The summed E-state index contributed by atoms with van der Waals surface area (Å²) >= 11 is 0. The normalized spacial score (nSPS) is 19.6. The molecule has 0 aromatic heterocycles. The number of para-hydroxylation sites is 1. The molecule has 4 rings (SSSR count). The van der Waals surface area contributed by atoms with Crippen LogP contribution in [0.5, 0.6) is 5.75 Å². The van der Waals surface area contributed by atoms with Gasteiger partial charge in [0.25, 0.3) is 0 Å². The Kier molecular flexibility index (Phi) is 7.62. The molecule has 5 nitrogen and oxygen atoms in total. The maximum atomic E-state index is 10.3. The molecule has 2 heterocycles. The lowest BCUT2D eigenvalue weighted by Crippen LogP contribution is -2.45. The van der Waals surface area contributed by atoms with Crippen molar-refractivity contribution in [3.05, 3.63) is 60.2 Å². The number of rotatable bonds is 8. The molecule has 162 valence electrons. The molecular weight excluding hydrogens is 374 g/mol. The van der Waals surface area contributed by atoms with Crippen molar-refractivity contribution >= 4 is 5.69 Å². The number of piperazine rings is 1. The number of hydrogen-bond acceptors (Lipinski definition) is 5. The lowest BCUT2D eigenvalue weighted by atomic mass is 10.1. The minimum absolute atomic E-state index is 0.358. The fraction of sp³-hybridized carbons (Fsp3) is 0.520. The molecule has 0 aliphatic carbocycles. The van der Waals surface area contributed by atoms with Crippen molar-refractivity contribution in [2.45, 2.75) is 31.9 Å². The predicted molar refractivity (Wildman–Crippen MR) is 122 cm³/mol. The smallest absolute Gasteiger partial charge is 0.119 e. The standard InChI is InChI=1S/C25H35N3O2/c29-24(20-26-13-5-2-6-14-26)21-30-25-11-9-22(10-12-25)19-27-15-17-28(18-16-27)23-7-3-1-4-8-23/h1,3-4,7-12,24,29H,2,5-6,13-21H2/t24-/m1/s1. The van der Waals surface area contributed by atoms with Gasteiger partial charge in [0.1, 0.15) is 18.5 Å². The Hall–Kier alpha value is -2.08. The van der Waals surface area contributed by atoms with Gasteiger partial charge in [-0.1, -0.05) is 36.8 Å². The average Bonchev–Trinajstić information content (AvgIpc) is 2.80. The van der Waals surface area contributed by atoms with Crippen molar-refractivity contribution in [1.82, 2.24) is 9.80 Å². The molecule has 0 amide bonds. The molecule has 0 unspecified atom stereocenters. The largest absolute Gasteiger partial charge is 0.491 e. The van der Waals surface area contributed by atoms with E-state index in [0.717, 1.165) is 51.6 Å². The lowest BCUT2D eigenvalue weighted by molar-refractivity contribution is 0.0617. The number of β-amino-alcohol motifs (C(OH)–C–C–N with tert-alkyl or cyclic N) is 1. The van der Waals surface area contributed by atoms with Crippen LogP contribution >= 0.6 is 0 Å². The first-order valence-electron chi connectivity index (χ1n) is 11.4. The van der Waals surface area contributed by atoms with Gasteiger partial charge in [0.2, 0.25) is 0 Å². The van der Waals surface area contributed by atoms with Crippen LogP contribution in [-0.4, -0.2) is 73.4 Å². The first-order chi connectivity index (χ1) is 14.8. The van der Waals surface area contributed by atoms with Crippen molar-refractivity contribution in [3.63, 3.8) is 0 Å². The number of benzene rings is 2. The number of nitrogens with zero attached hydrogens (tertiary/aromatic N) is 3. The van der Waals surface area contributed by atoms with Crippen LogP contribution in [-0.2, 0) is 6.54 Å². The highest BCUT2D eigenvalue weighted by Crippen LogP contribution is 2.18. The summed E-state index contributed by atoms with van der Waals surface area (Å²) in [5.41, 5.74) is 2.63. The molecule has 2 saturated heterocycles. The Morgan fingerprint density at radius 2 is 1.47 bits per heavy atom. The van der Waals surface area contributed by atoms with E-state index in [1.807, 2.05) is 12.1 Å². The number of likely N-dealkylation sites (tertiary alicyclic amines) is 1. The van der Waals surface area contributed by atoms with Gasteiger partial charge >= 0.3 is 0 Å². The van der Waals surface area contributed by atoms with Gasteiger partial charge in [-0.25, -0.2) is 0 Å². The Morgan fingerprint density at radius 1 is 0.767 bits per heavy atom. The van der Waals surface area contributed by atoms with Crippen LogP contribution in [0.2, 0.25) is 0 Å². The molecule has 30 heavy (non-hydrogen) atoms. The Morgan fingerprint density at radius 3 is 2.17 bits per heavy atom. The molecule has 1 atom stereocenters. The van der Waals surface area contributed by atoms with Crippen molar-refractivity contribution in [1.29, 1.82) is 0 Å². The summed E-state index contributed by atoms with van der Waals surface area (Å²) in [4.78, 5) is 7.32. The molecule has 2 aliphatic heterocycles. The molecule has 0 saturated carbocycles. The predicted octanol–water partition coefficient (Wildman–Crippen LogP) is 3.23. The molecule has 2 aromatic carbocycles. The minimum atomic E-state index is -0.427. The molecule has 2 fully saturated rings. The highest BCUT2D eigenvalue weighted by molar-refractivity contribution is 5.46. The number of aliphatic hydroxyl groups excluding tert-OH is 1. The highest BCUT2D eigenvalue weighted by Gasteiger charge is 2.17. The Bertz CT molecular complexity index is 739. The summed E-state index contributed by atoms with van der Waals surface area (Å²) in [6, 6.07) is 19.0. The first-order valence-corrected chi connectivity index (χ1v) is 11.4. The average molecular weight is 410 g/mol. The van der Waals surface area contributed by atoms with Crippen LogP contribution in [0.25, 0.3) is 0 Å². The van der Waals surface area contributed by atoms with E-state index < -0.39 is 6.10 Å². The molecule has 2 aromatic rings. The van der Waals surface area contributed by atoms with E-state index in [9.17, 15) is 5.11 Å². The third-order valence-electron chi connectivity index (χ3n) is 6.18. The van der Waals surface area contributed by atoms with Gasteiger partial charge in [-0.15, -0.1) is 0 Å². The van der Waals surface area contributed by atoms with Crippen LogP contribution in [0.3, 0.4) is 0 Å². The lowest BCUT2D eigenvalue weighted by Gasteiger charge is -2.36. The van der Waals surface area contributed by atoms with Crippen LogP contribution in [0.4, 0.5) is 5.69 Å². The van der Waals surface area contributed by atoms with Gasteiger partial charge in [-0.05, 0) is 55.8 Å². The second-order valence-corrected chi connectivity index (χ2v) is 8.57. The third kappa shape index (κ3) is 6.21. The van der Waals surface area contributed by atoms with E-state index in [2.05, 4.69) is 57.2 Å². The summed E-state index contributed by atoms with van der Waals surface area (Å²) < 4.78 is 5.82. The van der Waals surface area contributed by atoms with E-state index >= 15 is 0 Å². The second-order valence-electron chi connectivity index (χ2n) is 8.57. The van der Waals surface area contributed by atoms with Crippen LogP contribution in [0.15, 0.2) is 54.6 Å². The van der Waals surface area contributed by atoms with Gasteiger partial charge in [-0.2, -0.15) is 0 Å². The zero-order chi connectivity index (χ0) is 20.6. The van der Waals surface area contributed by atoms with Crippen molar-refractivity contribution in [3.8, 4) is 5.75 Å². The fourth-order valence-electron chi connectivity index (χ4n) is 4.44. The number of ether oxygens (including phenoxy) is 1. The summed E-state index contributed by atoms with van der Waals surface area (Å²) in [5, 5.41) is 10.3. The zero-order valence-corrected chi connectivity index (χ0v) is 18.0. The number of anilines is 1. The second kappa shape index (κ2) is 10.8.